The van der Waals surface area contributed by atoms with E-state index < -0.39 is 10.0 Å². The lowest BCUT2D eigenvalue weighted by Gasteiger charge is -2.04. The SMILES string of the molecule is CC(=O)CNS(=O)(=O)CCc1ccccc1. The van der Waals surface area contributed by atoms with Crippen molar-refractivity contribution < 1.29 is 13.2 Å². The first-order valence-corrected chi connectivity index (χ1v) is 6.65. The second kappa shape index (κ2) is 5.77. The summed E-state index contributed by atoms with van der Waals surface area (Å²) in [7, 11) is -3.35. The van der Waals surface area contributed by atoms with E-state index in [-0.39, 0.29) is 18.1 Å². The predicted octanol–water partition coefficient (Wildman–Crippen LogP) is 0.737. The molecule has 88 valence electrons. The Kier molecular flexibility index (Phi) is 4.64. The zero-order valence-electron chi connectivity index (χ0n) is 9.14. The van der Waals surface area contributed by atoms with E-state index in [0.29, 0.717) is 6.42 Å². The smallest absolute Gasteiger partial charge is 0.212 e. The molecule has 0 saturated carbocycles. The van der Waals surface area contributed by atoms with Gasteiger partial charge in [-0.2, -0.15) is 0 Å². The summed E-state index contributed by atoms with van der Waals surface area (Å²) >= 11 is 0. The van der Waals surface area contributed by atoms with Crippen molar-refractivity contribution in [3.8, 4) is 0 Å². The molecule has 0 saturated heterocycles. The average Bonchev–Trinajstić information content (AvgIpc) is 2.26. The van der Waals surface area contributed by atoms with Gasteiger partial charge in [-0.3, -0.25) is 4.79 Å². The van der Waals surface area contributed by atoms with Crippen LogP contribution in [-0.2, 0) is 21.2 Å². The van der Waals surface area contributed by atoms with E-state index in [1.807, 2.05) is 30.3 Å². The summed E-state index contributed by atoms with van der Waals surface area (Å²) in [6, 6.07) is 9.36. The van der Waals surface area contributed by atoms with Crippen molar-refractivity contribution in [1.82, 2.24) is 4.72 Å². The maximum Gasteiger partial charge on any atom is 0.212 e. The van der Waals surface area contributed by atoms with Gasteiger partial charge in [0, 0.05) is 0 Å². The first-order chi connectivity index (χ1) is 7.49. The standard InChI is InChI=1S/C11H15NO3S/c1-10(13)9-12-16(14,15)8-7-11-5-3-2-4-6-11/h2-6,12H,7-9H2,1H3. The molecule has 0 amide bonds. The van der Waals surface area contributed by atoms with Gasteiger partial charge in [0.2, 0.25) is 10.0 Å². The van der Waals surface area contributed by atoms with E-state index in [2.05, 4.69) is 4.72 Å². The lowest BCUT2D eigenvalue weighted by Crippen LogP contribution is -2.31. The molecule has 1 aromatic carbocycles. The minimum atomic E-state index is -3.35. The van der Waals surface area contributed by atoms with Gasteiger partial charge in [-0.25, -0.2) is 13.1 Å². The molecule has 0 radical (unpaired) electrons. The van der Waals surface area contributed by atoms with Crippen LogP contribution in [-0.4, -0.2) is 26.5 Å². The molecule has 0 aliphatic rings. The van der Waals surface area contributed by atoms with Crippen molar-refractivity contribution in [2.45, 2.75) is 13.3 Å². The van der Waals surface area contributed by atoms with E-state index in [1.54, 1.807) is 0 Å². The third-order valence-corrected chi connectivity index (χ3v) is 3.37. The largest absolute Gasteiger partial charge is 0.299 e. The van der Waals surface area contributed by atoms with Gasteiger partial charge in [0.1, 0.15) is 5.78 Å². The fourth-order valence-electron chi connectivity index (χ4n) is 1.18. The summed E-state index contributed by atoms with van der Waals surface area (Å²) in [6.07, 6.45) is 0.452. The first-order valence-electron chi connectivity index (χ1n) is 5.00. The van der Waals surface area contributed by atoms with Crippen LogP contribution in [0.15, 0.2) is 30.3 Å². The molecule has 0 unspecified atom stereocenters. The highest BCUT2D eigenvalue weighted by atomic mass is 32.2. The van der Waals surface area contributed by atoms with Gasteiger partial charge in [-0.1, -0.05) is 30.3 Å². The Morgan fingerprint density at radius 3 is 2.44 bits per heavy atom. The molecule has 1 aromatic rings. The summed E-state index contributed by atoms with van der Waals surface area (Å²) in [5.41, 5.74) is 0.968. The van der Waals surface area contributed by atoms with Gasteiger partial charge in [0.25, 0.3) is 0 Å². The number of hydrogen-bond acceptors (Lipinski definition) is 3. The predicted molar refractivity (Wildman–Crippen MR) is 62.6 cm³/mol. The van der Waals surface area contributed by atoms with Crippen LogP contribution in [0.3, 0.4) is 0 Å². The van der Waals surface area contributed by atoms with Gasteiger partial charge < -0.3 is 0 Å². The average molecular weight is 241 g/mol. The van der Waals surface area contributed by atoms with E-state index >= 15 is 0 Å². The fourth-order valence-corrected chi connectivity index (χ4v) is 2.25. The van der Waals surface area contributed by atoms with Crippen molar-refractivity contribution in [3.63, 3.8) is 0 Å². The highest BCUT2D eigenvalue weighted by Gasteiger charge is 2.10. The van der Waals surface area contributed by atoms with Crippen molar-refractivity contribution in [1.29, 1.82) is 0 Å². The molecule has 0 bridgehead atoms. The monoisotopic (exact) mass is 241 g/mol. The Bertz CT molecular complexity index is 440. The van der Waals surface area contributed by atoms with Crippen LogP contribution in [0.5, 0.6) is 0 Å². The Morgan fingerprint density at radius 1 is 1.25 bits per heavy atom. The molecule has 16 heavy (non-hydrogen) atoms. The number of ketones is 1. The van der Waals surface area contributed by atoms with Crippen LogP contribution in [0.1, 0.15) is 12.5 Å². The maximum absolute atomic E-state index is 11.4. The second-order valence-electron chi connectivity index (χ2n) is 3.58. The summed E-state index contributed by atoms with van der Waals surface area (Å²) in [5.74, 6) is -0.187. The van der Waals surface area contributed by atoms with Crippen LogP contribution in [0.25, 0.3) is 0 Å². The number of Topliss-reactive ketones (excluding diaryl/α,β-unsaturated/α-hetero) is 1. The number of carbonyl (C=O) groups is 1. The van der Waals surface area contributed by atoms with Crippen LogP contribution in [0.2, 0.25) is 0 Å². The number of benzene rings is 1. The molecule has 0 spiro atoms. The molecular weight excluding hydrogens is 226 g/mol. The Balaban J connectivity index is 2.45. The van der Waals surface area contributed by atoms with Crippen molar-refractivity contribution in [2.24, 2.45) is 0 Å². The van der Waals surface area contributed by atoms with E-state index in [9.17, 15) is 13.2 Å². The molecular formula is C11H15NO3S. The highest BCUT2D eigenvalue weighted by Crippen LogP contribution is 2.01. The quantitative estimate of drug-likeness (QED) is 0.799. The first kappa shape index (κ1) is 12.9. The molecule has 4 nitrogen and oxygen atoms in total. The zero-order chi connectivity index (χ0) is 12.0. The van der Waals surface area contributed by atoms with E-state index in [1.165, 1.54) is 6.92 Å². The Hall–Kier alpha value is -1.20. The molecule has 1 N–H and O–H groups in total. The fraction of sp³-hybridized carbons (Fsp3) is 0.364. The summed E-state index contributed by atoms with van der Waals surface area (Å²) in [5, 5.41) is 0. The third-order valence-electron chi connectivity index (χ3n) is 2.04. The van der Waals surface area contributed by atoms with E-state index in [4.69, 9.17) is 0 Å². The van der Waals surface area contributed by atoms with Gasteiger partial charge in [-0.05, 0) is 18.9 Å². The van der Waals surface area contributed by atoms with Gasteiger partial charge in [0.05, 0.1) is 12.3 Å². The Morgan fingerprint density at radius 2 is 1.88 bits per heavy atom. The number of carbonyl (C=O) groups excluding carboxylic acids is 1. The van der Waals surface area contributed by atoms with Gasteiger partial charge >= 0.3 is 0 Å². The van der Waals surface area contributed by atoms with Gasteiger partial charge in [0.15, 0.2) is 0 Å². The number of aryl methyl sites for hydroxylation is 1. The topological polar surface area (TPSA) is 63.2 Å². The molecule has 0 aliphatic heterocycles. The number of rotatable bonds is 6. The third kappa shape index (κ3) is 5.04. The highest BCUT2D eigenvalue weighted by molar-refractivity contribution is 7.89. The number of sulfonamides is 1. The molecule has 0 fully saturated rings. The molecule has 0 atom stereocenters. The second-order valence-corrected chi connectivity index (χ2v) is 5.50. The van der Waals surface area contributed by atoms with Crippen LogP contribution < -0.4 is 4.72 Å². The maximum atomic E-state index is 11.4. The molecule has 0 heterocycles. The molecule has 1 rings (SSSR count). The lowest BCUT2D eigenvalue weighted by atomic mass is 10.2. The molecule has 0 aliphatic carbocycles. The summed E-state index contributed by atoms with van der Waals surface area (Å²) < 4.78 is 25.1. The lowest BCUT2D eigenvalue weighted by molar-refractivity contribution is -0.115. The zero-order valence-corrected chi connectivity index (χ0v) is 9.96. The van der Waals surface area contributed by atoms with Crippen LogP contribution >= 0.6 is 0 Å². The Labute approximate surface area is 95.7 Å². The molecule has 5 heteroatoms. The number of nitrogens with one attached hydrogen (secondary N) is 1. The van der Waals surface area contributed by atoms with Crippen molar-refractivity contribution in [2.75, 3.05) is 12.3 Å². The van der Waals surface area contributed by atoms with Crippen molar-refractivity contribution >= 4 is 15.8 Å². The number of hydrogen-bond donors (Lipinski definition) is 1. The van der Waals surface area contributed by atoms with Crippen LogP contribution in [0, 0.1) is 0 Å². The van der Waals surface area contributed by atoms with Gasteiger partial charge in [-0.15, -0.1) is 0 Å². The van der Waals surface area contributed by atoms with Crippen LogP contribution in [0.4, 0.5) is 0 Å². The minimum absolute atomic E-state index is 0.00426. The summed E-state index contributed by atoms with van der Waals surface area (Å²) in [6.45, 7) is 1.22. The molecule has 0 aromatic heterocycles. The normalized spacial score (nSPS) is 11.3. The minimum Gasteiger partial charge on any atom is -0.299 e. The van der Waals surface area contributed by atoms with Crippen molar-refractivity contribution in [3.05, 3.63) is 35.9 Å². The summed E-state index contributed by atoms with van der Waals surface area (Å²) in [4.78, 5) is 10.6. The van der Waals surface area contributed by atoms with E-state index in [0.717, 1.165) is 5.56 Å².